The van der Waals surface area contributed by atoms with Gasteiger partial charge < -0.3 is 20.1 Å². The third-order valence-electron chi connectivity index (χ3n) is 6.46. The largest absolute Gasteiger partial charge is 0.417 e. The molecular formula is C21H22F3N7O2. The van der Waals surface area contributed by atoms with E-state index in [0.29, 0.717) is 37.2 Å². The number of aryl methyl sites for hydroxylation is 2. The average Bonchev–Trinajstić information content (AvgIpc) is 3.26. The van der Waals surface area contributed by atoms with E-state index in [0.717, 1.165) is 17.9 Å². The van der Waals surface area contributed by atoms with Gasteiger partial charge in [0.15, 0.2) is 0 Å². The number of urea groups is 1. The lowest BCUT2D eigenvalue weighted by Crippen LogP contribution is -2.67. The Hall–Kier alpha value is -3.57. The van der Waals surface area contributed by atoms with E-state index >= 15 is 0 Å². The minimum absolute atomic E-state index is 0.0185. The molecule has 2 aliphatic rings. The van der Waals surface area contributed by atoms with Crippen LogP contribution in [-0.4, -0.2) is 55.1 Å². The molecule has 12 heteroatoms. The van der Waals surface area contributed by atoms with Gasteiger partial charge in [-0.05, 0) is 25.8 Å². The average molecular weight is 461 g/mol. The second-order valence-electron chi connectivity index (χ2n) is 8.96. The second-order valence-corrected chi connectivity index (χ2v) is 8.96. The minimum Gasteiger partial charge on any atom is -0.337 e. The van der Waals surface area contributed by atoms with Crippen LogP contribution in [0.4, 0.5) is 23.7 Å². The van der Waals surface area contributed by atoms with Crippen LogP contribution >= 0.6 is 0 Å². The lowest BCUT2D eigenvalue weighted by Gasteiger charge is -2.58. The lowest BCUT2D eigenvalue weighted by molar-refractivity contribution is -0.137. The van der Waals surface area contributed by atoms with Gasteiger partial charge >= 0.3 is 12.2 Å². The van der Waals surface area contributed by atoms with Crippen molar-refractivity contribution in [2.45, 2.75) is 32.0 Å². The van der Waals surface area contributed by atoms with Gasteiger partial charge in [0.05, 0.1) is 23.1 Å². The first-order chi connectivity index (χ1) is 15.5. The number of fused-ring (bicyclic) bond motifs is 1. The number of nitrogens with zero attached hydrogens (tertiary/aromatic N) is 5. The number of rotatable bonds is 3. The molecule has 0 radical (unpaired) electrons. The highest BCUT2D eigenvalue weighted by Gasteiger charge is 2.54. The molecule has 3 amide bonds. The van der Waals surface area contributed by atoms with Crippen LogP contribution in [0.2, 0.25) is 0 Å². The summed E-state index contributed by atoms with van der Waals surface area (Å²) in [5.41, 5.74) is 0.660. The van der Waals surface area contributed by atoms with E-state index in [1.54, 1.807) is 21.8 Å². The molecule has 1 aliphatic heterocycles. The van der Waals surface area contributed by atoms with Crippen molar-refractivity contribution in [3.8, 4) is 0 Å². The van der Waals surface area contributed by atoms with E-state index in [4.69, 9.17) is 0 Å². The molecule has 3 aromatic heterocycles. The Kier molecular flexibility index (Phi) is 4.66. The number of likely N-dealkylation sites (tertiary alicyclic amines) is 1. The smallest absolute Gasteiger partial charge is 0.337 e. The number of carbonyl (C=O) groups is 2. The molecule has 1 aliphatic carbocycles. The second kappa shape index (κ2) is 7.22. The number of imidazole rings is 1. The summed E-state index contributed by atoms with van der Waals surface area (Å²) in [7, 11) is 1.86. The molecule has 33 heavy (non-hydrogen) atoms. The van der Waals surface area contributed by atoms with E-state index < -0.39 is 17.8 Å². The van der Waals surface area contributed by atoms with Gasteiger partial charge in [-0.3, -0.25) is 9.78 Å². The molecular weight excluding hydrogens is 439 g/mol. The number of alkyl halides is 3. The van der Waals surface area contributed by atoms with Gasteiger partial charge in [0.25, 0.3) is 5.91 Å². The third-order valence-corrected chi connectivity index (χ3v) is 6.46. The molecule has 3 aromatic rings. The number of anilines is 1. The number of hydrogen-bond donors (Lipinski definition) is 2. The standard InChI is InChI=1S/C21H22F3N7O2/c1-12-16(5-13(8-25-12)21(22,23)24)28-19(33)27-14-6-20(7-14)10-30(11-20)18(32)15-9-26-31-4-3-29(2)17(15)31/h3-5,8-9,14H,6-7,10-11H2,1-2H3,(H2,27,28,33). The van der Waals surface area contributed by atoms with Crippen LogP contribution in [0.3, 0.4) is 0 Å². The van der Waals surface area contributed by atoms with E-state index in [1.165, 1.54) is 6.92 Å². The Bertz CT molecular complexity index is 1250. The van der Waals surface area contributed by atoms with Crippen LogP contribution in [0.5, 0.6) is 0 Å². The highest BCUT2D eigenvalue weighted by Crippen LogP contribution is 2.48. The summed E-state index contributed by atoms with van der Waals surface area (Å²) >= 11 is 0. The highest BCUT2D eigenvalue weighted by atomic mass is 19.4. The molecule has 1 spiro atoms. The Morgan fingerprint density at radius 3 is 2.61 bits per heavy atom. The number of nitrogens with one attached hydrogen (secondary N) is 2. The number of pyridine rings is 1. The maximum Gasteiger partial charge on any atom is 0.417 e. The molecule has 2 N–H and O–H groups in total. The van der Waals surface area contributed by atoms with E-state index in [-0.39, 0.29) is 23.1 Å². The molecule has 2 fully saturated rings. The number of amides is 3. The Morgan fingerprint density at radius 2 is 1.91 bits per heavy atom. The molecule has 0 unspecified atom stereocenters. The van der Waals surface area contributed by atoms with Crippen molar-refractivity contribution >= 4 is 23.3 Å². The van der Waals surface area contributed by atoms with Gasteiger partial charge in [-0.15, -0.1) is 0 Å². The third kappa shape index (κ3) is 3.68. The number of halogens is 3. The molecule has 4 heterocycles. The number of aromatic nitrogens is 4. The molecule has 1 saturated carbocycles. The van der Waals surface area contributed by atoms with Gasteiger partial charge in [-0.2, -0.15) is 18.3 Å². The molecule has 9 nitrogen and oxygen atoms in total. The van der Waals surface area contributed by atoms with Crippen LogP contribution in [0.25, 0.3) is 5.65 Å². The molecule has 174 valence electrons. The maximum atomic E-state index is 12.9. The summed E-state index contributed by atoms with van der Waals surface area (Å²) in [5.74, 6) is -0.0703. The minimum atomic E-state index is -4.54. The first kappa shape index (κ1) is 21.3. The van der Waals surface area contributed by atoms with Crippen molar-refractivity contribution in [2.24, 2.45) is 12.5 Å². The zero-order chi connectivity index (χ0) is 23.5. The van der Waals surface area contributed by atoms with Crippen molar-refractivity contribution in [1.82, 2.24) is 29.4 Å². The Labute approximate surface area is 186 Å². The number of hydrogen-bond acceptors (Lipinski definition) is 4. The Balaban J connectivity index is 1.14. The van der Waals surface area contributed by atoms with Crippen LogP contribution < -0.4 is 10.6 Å². The van der Waals surface area contributed by atoms with E-state index in [9.17, 15) is 22.8 Å². The molecule has 0 aromatic carbocycles. The predicted octanol–water partition coefficient (Wildman–Crippen LogP) is 2.82. The van der Waals surface area contributed by atoms with Gasteiger partial charge in [0, 0.05) is 50.2 Å². The van der Waals surface area contributed by atoms with Crippen LogP contribution in [0, 0.1) is 12.3 Å². The van der Waals surface area contributed by atoms with Crippen molar-refractivity contribution in [3.63, 3.8) is 0 Å². The zero-order valence-corrected chi connectivity index (χ0v) is 18.0. The predicted molar refractivity (Wildman–Crippen MR) is 112 cm³/mol. The van der Waals surface area contributed by atoms with E-state index in [1.807, 2.05) is 17.8 Å². The monoisotopic (exact) mass is 461 g/mol. The topological polar surface area (TPSA) is 96.6 Å². The number of carbonyl (C=O) groups excluding carboxylic acids is 2. The van der Waals surface area contributed by atoms with Crippen molar-refractivity contribution in [3.05, 3.63) is 47.7 Å². The summed E-state index contributed by atoms with van der Waals surface area (Å²) in [6.07, 6.45) is 2.81. The normalized spacial score (nSPS) is 17.7. The van der Waals surface area contributed by atoms with Gasteiger partial charge in [-0.1, -0.05) is 0 Å². The molecule has 0 bridgehead atoms. The van der Waals surface area contributed by atoms with Gasteiger partial charge in [0.1, 0.15) is 11.2 Å². The fourth-order valence-corrected chi connectivity index (χ4v) is 4.78. The lowest BCUT2D eigenvalue weighted by atomic mass is 9.60. The zero-order valence-electron chi connectivity index (χ0n) is 18.0. The highest BCUT2D eigenvalue weighted by molar-refractivity contribution is 6.00. The fourth-order valence-electron chi connectivity index (χ4n) is 4.78. The van der Waals surface area contributed by atoms with Crippen molar-refractivity contribution in [2.75, 3.05) is 18.4 Å². The van der Waals surface area contributed by atoms with Crippen LogP contribution in [0.1, 0.15) is 34.5 Å². The Morgan fingerprint density at radius 1 is 1.18 bits per heavy atom. The maximum absolute atomic E-state index is 12.9. The summed E-state index contributed by atoms with van der Waals surface area (Å²) in [4.78, 5) is 30.7. The van der Waals surface area contributed by atoms with Crippen molar-refractivity contribution < 1.29 is 22.8 Å². The first-order valence-corrected chi connectivity index (χ1v) is 10.4. The first-order valence-electron chi connectivity index (χ1n) is 10.4. The van der Waals surface area contributed by atoms with Crippen LogP contribution in [-0.2, 0) is 13.2 Å². The summed E-state index contributed by atoms with van der Waals surface area (Å²) in [6.45, 7) is 2.73. The van der Waals surface area contributed by atoms with Crippen molar-refractivity contribution in [1.29, 1.82) is 0 Å². The SMILES string of the molecule is Cc1ncc(C(F)(F)F)cc1NC(=O)NC1CC2(C1)CN(C(=O)c1cnn3ccn(C)c13)C2. The quantitative estimate of drug-likeness (QED) is 0.627. The summed E-state index contributed by atoms with van der Waals surface area (Å²) in [5, 5.41) is 9.46. The molecule has 5 rings (SSSR count). The fraction of sp³-hybridized carbons (Fsp3) is 0.429. The summed E-state index contributed by atoms with van der Waals surface area (Å²) < 4.78 is 42.2. The summed E-state index contributed by atoms with van der Waals surface area (Å²) in [6, 6.07) is 0.203. The molecule has 0 atom stereocenters. The van der Waals surface area contributed by atoms with E-state index in [2.05, 4.69) is 20.7 Å². The van der Waals surface area contributed by atoms with Crippen LogP contribution in [0.15, 0.2) is 30.9 Å². The van der Waals surface area contributed by atoms with Gasteiger partial charge in [-0.25, -0.2) is 9.31 Å². The van der Waals surface area contributed by atoms with Gasteiger partial charge in [0.2, 0.25) is 0 Å². The molecule has 1 saturated heterocycles.